The van der Waals surface area contributed by atoms with Crippen LogP contribution in [0.3, 0.4) is 0 Å². The summed E-state index contributed by atoms with van der Waals surface area (Å²) in [6, 6.07) is 3.77. The first kappa shape index (κ1) is 7.22. The van der Waals surface area contributed by atoms with Crippen molar-refractivity contribution in [3.63, 3.8) is 0 Å². The Bertz CT molecular complexity index is 203. The lowest BCUT2D eigenvalue weighted by Gasteiger charge is -2.02. The average molecular weight is 137 g/mol. The van der Waals surface area contributed by atoms with Crippen molar-refractivity contribution in [3.8, 4) is 0 Å². The van der Waals surface area contributed by atoms with Crippen LogP contribution in [-0.2, 0) is 0 Å². The molecule has 1 atom stereocenters. The Morgan fingerprint density at radius 1 is 1.50 bits per heavy atom. The Kier molecular flexibility index (Phi) is 2.02. The molecule has 10 heavy (non-hydrogen) atoms. The van der Waals surface area contributed by atoms with Gasteiger partial charge in [-0.1, -0.05) is 6.07 Å². The molecule has 2 nitrogen and oxygen atoms in total. The average Bonchev–Trinajstić information content (AvgIpc) is 1.88. The second-order valence-electron chi connectivity index (χ2n) is 2.41. The molecular formula is C8H11NO. The zero-order valence-corrected chi connectivity index (χ0v) is 6.20. The Labute approximate surface area is 60.5 Å². The topological polar surface area (TPSA) is 33.1 Å². The predicted molar refractivity (Wildman–Crippen MR) is 39.6 cm³/mol. The second kappa shape index (κ2) is 2.80. The van der Waals surface area contributed by atoms with Gasteiger partial charge in [0.1, 0.15) is 0 Å². The summed E-state index contributed by atoms with van der Waals surface area (Å²) >= 11 is 0. The van der Waals surface area contributed by atoms with E-state index in [9.17, 15) is 0 Å². The van der Waals surface area contributed by atoms with Crippen LogP contribution < -0.4 is 0 Å². The van der Waals surface area contributed by atoms with E-state index in [-0.39, 0.29) is 0 Å². The Hall–Kier alpha value is -0.890. The number of aromatic nitrogens is 1. The summed E-state index contributed by atoms with van der Waals surface area (Å²) < 4.78 is 0. The highest BCUT2D eigenvalue weighted by atomic mass is 16.3. The van der Waals surface area contributed by atoms with E-state index in [0.717, 1.165) is 11.3 Å². The number of rotatable bonds is 1. The maximum Gasteiger partial charge on any atom is 0.0776 e. The molecule has 1 heterocycles. The number of hydrogen-bond acceptors (Lipinski definition) is 2. The first-order valence-corrected chi connectivity index (χ1v) is 3.31. The monoisotopic (exact) mass is 137 g/mol. The van der Waals surface area contributed by atoms with Crippen molar-refractivity contribution in [3.05, 3.63) is 29.6 Å². The van der Waals surface area contributed by atoms with E-state index in [0.29, 0.717) is 0 Å². The summed E-state index contributed by atoms with van der Waals surface area (Å²) in [5.74, 6) is 0. The normalized spacial score (nSPS) is 13.1. The van der Waals surface area contributed by atoms with E-state index in [1.165, 1.54) is 0 Å². The van der Waals surface area contributed by atoms with E-state index in [4.69, 9.17) is 5.11 Å². The first-order chi connectivity index (χ1) is 4.70. The molecule has 0 fully saturated rings. The molecule has 0 saturated carbocycles. The SMILES string of the molecule is Cc1ccc(C(C)O)cn1. The summed E-state index contributed by atoms with van der Waals surface area (Å²) in [6.45, 7) is 3.65. The summed E-state index contributed by atoms with van der Waals surface area (Å²) in [4.78, 5) is 4.04. The molecule has 0 aliphatic heterocycles. The van der Waals surface area contributed by atoms with Crippen molar-refractivity contribution >= 4 is 0 Å². The highest BCUT2D eigenvalue weighted by molar-refractivity contribution is 5.14. The van der Waals surface area contributed by atoms with Crippen LogP contribution >= 0.6 is 0 Å². The molecule has 2 heteroatoms. The minimum absolute atomic E-state index is 0.409. The van der Waals surface area contributed by atoms with Crippen LogP contribution in [0, 0.1) is 6.92 Å². The largest absolute Gasteiger partial charge is 0.389 e. The summed E-state index contributed by atoms with van der Waals surface area (Å²) in [5, 5.41) is 9.07. The van der Waals surface area contributed by atoms with Crippen molar-refractivity contribution in [2.45, 2.75) is 20.0 Å². The fourth-order valence-electron chi connectivity index (χ4n) is 0.726. The molecule has 54 valence electrons. The minimum atomic E-state index is -0.409. The molecule has 0 aliphatic rings. The smallest absolute Gasteiger partial charge is 0.0776 e. The standard InChI is InChI=1S/C8H11NO/c1-6-3-4-8(5-9-6)7(2)10/h3-5,7,10H,1-2H3. The zero-order valence-electron chi connectivity index (χ0n) is 6.20. The van der Waals surface area contributed by atoms with Gasteiger partial charge in [-0.15, -0.1) is 0 Å². The van der Waals surface area contributed by atoms with Crippen molar-refractivity contribution in [2.75, 3.05) is 0 Å². The van der Waals surface area contributed by atoms with Crippen molar-refractivity contribution < 1.29 is 5.11 Å². The van der Waals surface area contributed by atoms with Crippen LogP contribution in [0.2, 0.25) is 0 Å². The first-order valence-electron chi connectivity index (χ1n) is 3.31. The van der Waals surface area contributed by atoms with E-state index in [1.54, 1.807) is 13.1 Å². The van der Waals surface area contributed by atoms with Gasteiger partial charge in [-0.25, -0.2) is 0 Å². The lowest BCUT2D eigenvalue weighted by Crippen LogP contribution is -1.91. The van der Waals surface area contributed by atoms with Crippen molar-refractivity contribution in [1.29, 1.82) is 0 Å². The third kappa shape index (κ3) is 1.54. The molecular weight excluding hydrogens is 126 g/mol. The molecule has 1 aromatic rings. The van der Waals surface area contributed by atoms with Crippen molar-refractivity contribution in [2.24, 2.45) is 0 Å². The molecule has 1 aromatic heterocycles. The zero-order chi connectivity index (χ0) is 7.56. The molecule has 0 bridgehead atoms. The molecule has 0 amide bonds. The van der Waals surface area contributed by atoms with Gasteiger partial charge in [-0.05, 0) is 25.5 Å². The Morgan fingerprint density at radius 2 is 2.20 bits per heavy atom. The van der Waals surface area contributed by atoms with Crippen LogP contribution in [0.1, 0.15) is 24.3 Å². The van der Waals surface area contributed by atoms with Gasteiger partial charge in [0.2, 0.25) is 0 Å². The van der Waals surface area contributed by atoms with Crippen LogP contribution in [-0.4, -0.2) is 10.1 Å². The van der Waals surface area contributed by atoms with Gasteiger partial charge < -0.3 is 5.11 Å². The van der Waals surface area contributed by atoms with Gasteiger partial charge in [-0.2, -0.15) is 0 Å². The lowest BCUT2D eigenvalue weighted by molar-refractivity contribution is 0.199. The maximum absolute atomic E-state index is 9.07. The molecule has 0 radical (unpaired) electrons. The van der Waals surface area contributed by atoms with E-state index in [1.807, 2.05) is 19.1 Å². The van der Waals surface area contributed by atoms with Crippen LogP contribution in [0.4, 0.5) is 0 Å². The number of aliphatic hydroxyl groups is 1. The number of pyridine rings is 1. The maximum atomic E-state index is 9.07. The quantitative estimate of drug-likeness (QED) is 0.635. The molecule has 1 N–H and O–H groups in total. The Balaban J connectivity index is 2.89. The summed E-state index contributed by atoms with van der Waals surface area (Å²) in [7, 11) is 0. The van der Waals surface area contributed by atoms with Gasteiger partial charge in [0.25, 0.3) is 0 Å². The molecule has 0 aromatic carbocycles. The van der Waals surface area contributed by atoms with E-state index >= 15 is 0 Å². The van der Waals surface area contributed by atoms with Gasteiger partial charge in [-0.3, -0.25) is 4.98 Å². The Morgan fingerprint density at radius 3 is 2.60 bits per heavy atom. The molecule has 1 rings (SSSR count). The third-order valence-electron chi connectivity index (χ3n) is 1.42. The highest BCUT2D eigenvalue weighted by Crippen LogP contribution is 2.09. The molecule has 1 unspecified atom stereocenters. The van der Waals surface area contributed by atoms with Gasteiger partial charge >= 0.3 is 0 Å². The molecule has 0 spiro atoms. The van der Waals surface area contributed by atoms with Crippen LogP contribution in [0.25, 0.3) is 0 Å². The van der Waals surface area contributed by atoms with Gasteiger partial charge in [0.15, 0.2) is 0 Å². The number of aliphatic hydroxyl groups excluding tert-OH is 1. The fraction of sp³-hybridized carbons (Fsp3) is 0.375. The number of nitrogens with zero attached hydrogens (tertiary/aromatic N) is 1. The van der Waals surface area contributed by atoms with Gasteiger partial charge in [0, 0.05) is 11.9 Å². The van der Waals surface area contributed by atoms with E-state index < -0.39 is 6.10 Å². The summed E-state index contributed by atoms with van der Waals surface area (Å²) in [5.41, 5.74) is 1.84. The number of aryl methyl sites for hydroxylation is 1. The van der Waals surface area contributed by atoms with E-state index in [2.05, 4.69) is 4.98 Å². The predicted octanol–water partition coefficient (Wildman–Crippen LogP) is 1.44. The fourth-order valence-corrected chi connectivity index (χ4v) is 0.726. The lowest BCUT2D eigenvalue weighted by atomic mass is 10.2. The third-order valence-corrected chi connectivity index (χ3v) is 1.42. The van der Waals surface area contributed by atoms with Crippen LogP contribution in [0.15, 0.2) is 18.3 Å². The van der Waals surface area contributed by atoms with Gasteiger partial charge in [0.05, 0.1) is 6.10 Å². The number of hydrogen-bond donors (Lipinski definition) is 1. The molecule has 0 aliphatic carbocycles. The molecule has 0 saturated heterocycles. The minimum Gasteiger partial charge on any atom is -0.389 e. The second-order valence-corrected chi connectivity index (χ2v) is 2.41. The van der Waals surface area contributed by atoms with Crippen LogP contribution in [0.5, 0.6) is 0 Å². The summed E-state index contributed by atoms with van der Waals surface area (Å²) in [6.07, 6.45) is 1.29. The van der Waals surface area contributed by atoms with Crippen molar-refractivity contribution in [1.82, 2.24) is 4.98 Å². The highest BCUT2D eigenvalue weighted by Gasteiger charge is 1.98.